The minimum absolute atomic E-state index is 0.355. The topological polar surface area (TPSA) is 50.4 Å². The fourth-order valence-corrected chi connectivity index (χ4v) is 1.41. The van der Waals surface area contributed by atoms with Crippen LogP contribution >= 0.6 is 24.0 Å². The lowest BCUT2D eigenvalue weighted by Crippen LogP contribution is -2.29. The molecule has 0 aliphatic rings. The van der Waals surface area contributed by atoms with E-state index in [1.807, 2.05) is 13.2 Å². The van der Waals surface area contributed by atoms with Crippen molar-refractivity contribution in [1.29, 1.82) is 0 Å². The molecule has 92 valence electrons. The Morgan fingerprint density at radius 1 is 1.44 bits per heavy atom. The second-order valence-electron chi connectivity index (χ2n) is 2.87. The quantitative estimate of drug-likeness (QED) is 0.446. The van der Waals surface area contributed by atoms with Crippen LogP contribution in [0.1, 0.15) is 20.8 Å². The van der Waals surface area contributed by atoms with Crippen LogP contribution in [0, 0.1) is 0 Å². The number of hydrogen-bond acceptors (Lipinski definition) is 5. The number of likely N-dealkylation sites (N-methyl/N-ethyl adjacent to an activating group) is 1. The minimum atomic E-state index is -0.363. The summed E-state index contributed by atoms with van der Waals surface area (Å²) in [5.41, 5.74) is 1.11. The highest BCUT2D eigenvalue weighted by Crippen LogP contribution is 2.04. The number of thiocarbonyl (C=S) groups is 1. The van der Waals surface area contributed by atoms with Crippen LogP contribution in [-0.4, -0.2) is 29.7 Å². The molecule has 0 spiro atoms. The number of esters is 1. The van der Waals surface area contributed by atoms with Crippen LogP contribution in [0.5, 0.6) is 0 Å². The predicted octanol–water partition coefficient (Wildman–Crippen LogP) is 1.63. The Morgan fingerprint density at radius 2 is 2.06 bits per heavy atom. The van der Waals surface area contributed by atoms with Crippen molar-refractivity contribution in [2.45, 2.75) is 20.8 Å². The fourth-order valence-electron chi connectivity index (χ4n) is 1.00. The van der Waals surface area contributed by atoms with Gasteiger partial charge in [0.1, 0.15) is 10.0 Å². The van der Waals surface area contributed by atoms with Crippen molar-refractivity contribution in [1.82, 2.24) is 10.6 Å². The number of allylic oxidation sites excluding steroid dienone is 1. The summed E-state index contributed by atoms with van der Waals surface area (Å²) in [6.45, 7) is 6.49. The third kappa shape index (κ3) is 5.37. The molecule has 0 rings (SSSR count). The highest BCUT2D eigenvalue weighted by Gasteiger charge is 2.13. The molecule has 0 bridgehead atoms. The first-order valence-electron chi connectivity index (χ1n) is 5.03. The summed E-state index contributed by atoms with van der Waals surface area (Å²) in [4.78, 5) is 11.6. The first kappa shape index (κ1) is 15.2. The predicted molar refractivity (Wildman–Crippen MR) is 72.3 cm³/mol. The zero-order valence-electron chi connectivity index (χ0n) is 10.0. The van der Waals surface area contributed by atoms with Crippen LogP contribution in [0.3, 0.4) is 0 Å². The van der Waals surface area contributed by atoms with Gasteiger partial charge in [-0.05, 0) is 27.0 Å². The van der Waals surface area contributed by atoms with Crippen molar-refractivity contribution in [2.24, 2.45) is 0 Å². The molecule has 0 aromatic rings. The van der Waals surface area contributed by atoms with Crippen LogP contribution in [-0.2, 0) is 9.53 Å². The number of rotatable bonds is 5. The summed E-state index contributed by atoms with van der Waals surface area (Å²) in [7, 11) is 0. The third-order valence-corrected chi connectivity index (χ3v) is 2.76. The second-order valence-corrected chi connectivity index (χ2v) is 4.35. The Labute approximate surface area is 106 Å². The summed E-state index contributed by atoms with van der Waals surface area (Å²) >= 11 is 6.44. The van der Waals surface area contributed by atoms with Crippen molar-refractivity contribution in [2.75, 3.05) is 19.4 Å². The van der Waals surface area contributed by atoms with Gasteiger partial charge in [0.25, 0.3) is 0 Å². The molecule has 0 saturated heterocycles. The minimum Gasteiger partial charge on any atom is -0.461 e. The zero-order valence-corrected chi connectivity index (χ0v) is 11.7. The number of thioether (sulfide) groups is 1. The van der Waals surface area contributed by atoms with Gasteiger partial charge in [0.2, 0.25) is 0 Å². The Balaban J connectivity index is 4.76. The van der Waals surface area contributed by atoms with E-state index in [1.54, 1.807) is 13.8 Å². The van der Waals surface area contributed by atoms with Gasteiger partial charge in [0.05, 0.1) is 6.61 Å². The SMILES string of the molecule is CCN/C(C(=O)OCC)=C(/C)NC(=S)SC. The van der Waals surface area contributed by atoms with Crippen molar-refractivity contribution < 1.29 is 9.53 Å². The molecule has 0 heterocycles. The lowest BCUT2D eigenvalue weighted by atomic mass is 10.3. The highest BCUT2D eigenvalue weighted by atomic mass is 32.2. The van der Waals surface area contributed by atoms with Gasteiger partial charge < -0.3 is 15.4 Å². The van der Waals surface area contributed by atoms with E-state index in [4.69, 9.17) is 17.0 Å². The molecule has 0 radical (unpaired) electrons. The number of hydrogen-bond donors (Lipinski definition) is 2. The van der Waals surface area contributed by atoms with Crippen molar-refractivity contribution >= 4 is 34.3 Å². The number of nitrogens with one attached hydrogen (secondary N) is 2. The fraction of sp³-hybridized carbons (Fsp3) is 0.600. The maximum Gasteiger partial charge on any atom is 0.356 e. The normalized spacial score (nSPS) is 11.5. The Morgan fingerprint density at radius 3 is 2.50 bits per heavy atom. The van der Waals surface area contributed by atoms with Gasteiger partial charge in [-0.15, -0.1) is 11.8 Å². The van der Waals surface area contributed by atoms with Crippen LogP contribution in [0.15, 0.2) is 11.4 Å². The molecule has 0 fully saturated rings. The van der Waals surface area contributed by atoms with Gasteiger partial charge in [0, 0.05) is 12.2 Å². The molecule has 4 nitrogen and oxygen atoms in total. The molecule has 0 aromatic carbocycles. The zero-order chi connectivity index (χ0) is 12.6. The largest absolute Gasteiger partial charge is 0.461 e. The Hall–Kier alpha value is -0.750. The molecule has 0 amide bonds. The van der Waals surface area contributed by atoms with Gasteiger partial charge in [-0.1, -0.05) is 12.2 Å². The van der Waals surface area contributed by atoms with E-state index in [1.165, 1.54) is 11.8 Å². The summed E-state index contributed by atoms with van der Waals surface area (Å²) in [6, 6.07) is 0. The number of ether oxygens (including phenoxy) is 1. The summed E-state index contributed by atoms with van der Waals surface area (Å²) in [5, 5.41) is 5.93. The molecule has 0 aliphatic heterocycles. The standard InChI is InChI=1S/C10H18N2O2S2/c1-5-11-8(9(13)14-6-2)7(3)12-10(15)16-4/h11H,5-6H2,1-4H3,(H,12,15)/b8-7-. The van der Waals surface area contributed by atoms with E-state index in [0.29, 0.717) is 28.9 Å². The highest BCUT2D eigenvalue weighted by molar-refractivity contribution is 8.22. The van der Waals surface area contributed by atoms with E-state index in [0.717, 1.165) is 0 Å². The van der Waals surface area contributed by atoms with Gasteiger partial charge >= 0.3 is 5.97 Å². The average molecular weight is 262 g/mol. The van der Waals surface area contributed by atoms with Crippen LogP contribution in [0.2, 0.25) is 0 Å². The van der Waals surface area contributed by atoms with E-state index >= 15 is 0 Å². The smallest absolute Gasteiger partial charge is 0.356 e. The van der Waals surface area contributed by atoms with Crippen LogP contribution in [0.25, 0.3) is 0 Å². The molecule has 16 heavy (non-hydrogen) atoms. The van der Waals surface area contributed by atoms with Crippen LogP contribution in [0.4, 0.5) is 0 Å². The molecule has 0 aromatic heterocycles. The molecule has 0 atom stereocenters. The molecule has 0 aliphatic carbocycles. The van der Waals surface area contributed by atoms with Gasteiger partial charge in [-0.2, -0.15) is 0 Å². The van der Waals surface area contributed by atoms with Crippen molar-refractivity contribution in [3.8, 4) is 0 Å². The monoisotopic (exact) mass is 262 g/mol. The van der Waals surface area contributed by atoms with Crippen LogP contribution < -0.4 is 10.6 Å². The van der Waals surface area contributed by atoms with Gasteiger partial charge in [0.15, 0.2) is 0 Å². The van der Waals surface area contributed by atoms with E-state index in [-0.39, 0.29) is 5.97 Å². The molecule has 2 N–H and O–H groups in total. The molecule has 0 unspecified atom stereocenters. The lowest BCUT2D eigenvalue weighted by Gasteiger charge is -2.13. The molecular formula is C10H18N2O2S2. The van der Waals surface area contributed by atoms with Crippen molar-refractivity contribution in [3.05, 3.63) is 11.4 Å². The maximum atomic E-state index is 11.6. The summed E-state index contributed by atoms with van der Waals surface area (Å²) < 4.78 is 5.57. The number of carbonyl (C=O) groups is 1. The molecule has 0 saturated carbocycles. The van der Waals surface area contributed by atoms with E-state index in [9.17, 15) is 4.79 Å². The van der Waals surface area contributed by atoms with Crippen molar-refractivity contribution in [3.63, 3.8) is 0 Å². The summed E-state index contributed by atoms with van der Waals surface area (Å²) in [6.07, 6.45) is 1.87. The van der Waals surface area contributed by atoms with E-state index in [2.05, 4.69) is 10.6 Å². The Bertz CT molecular complexity index is 291. The molecular weight excluding hydrogens is 244 g/mol. The van der Waals surface area contributed by atoms with E-state index < -0.39 is 0 Å². The third-order valence-electron chi connectivity index (χ3n) is 1.68. The first-order valence-corrected chi connectivity index (χ1v) is 6.66. The second kappa shape index (κ2) is 8.41. The summed E-state index contributed by atoms with van der Waals surface area (Å²) in [5.74, 6) is -0.363. The lowest BCUT2D eigenvalue weighted by molar-refractivity contribution is -0.139. The van der Waals surface area contributed by atoms with Gasteiger partial charge in [-0.3, -0.25) is 0 Å². The Kier molecular flexibility index (Phi) is 8.01. The first-order chi connectivity index (χ1) is 7.56. The molecule has 6 heteroatoms. The average Bonchev–Trinajstić information content (AvgIpc) is 2.25. The van der Waals surface area contributed by atoms with Gasteiger partial charge in [-0.25, -0.2) is 4.79 Å². The number of carbonyl (C=O) groups excluding carboxylic acids is 1. The maximum absolute atomic E-state index is 11.6.